The molecule has 0 aliphatic heterocycles. The molecule has 0 spiro atoms. The van der Waals surface area contributed by atoms with Crippen LogP contribution in [0.1, 0.15) is 13.8 Å². The van der Waals surface area contributed by atoms with Crippen molar-refractivity contribution in [3.8, 4) is 5.75 Å². The number of para-hydroxylation sites is 1. The largest absolute Gasteiger partial charge is 0.464 e. The lowest BCUT2D eigenvalue weighted by atomic mass is 10.3. The standard InChI is InChI=1S/C13H17O6P/c1-3-17-13(15)11(2)18-20(16,10-9-14)19-12-7-5-4-6-8-12/h4-9,11H,3,10H2,1-2H3/t11-,20?/m0/s1. The van der Waals surface area contributed by atoms with Crippen LogP contribution in [-0.4, -0.2) is 31.1 Å². The zero-order valence-electron chi connectivity index (χ0n) is 11.4. The number of carbonyl (C=O) groups excluding carboxylic acids is 2. The highest BCUT2D eigenvalue weighted by Crippen LogP contribution is 2.48. The first-order chi connectivity index (χ1) is 9.50. The summed E-state index contributed by atoms with van der Waals surface area (Å²) in [5, 5.41) is 0. The van der Waals surface area contributed by atoms with Crippen LogP contribution in [-0.2, 0) is 23.4 Å². The van der Waals surface area contributed by atoms with Crippen LogP contribution in [0.4, 0.5) is 0 Å². The van der Waals surface area contributed by atoms with Crippen LogP contribution in [0.5, 0.6) is 5.75 Å². The summed E-state index contributed by atoms with van der Waals surface area (Å²) in [6.07, 6.45) is -1.09. The van der Waals surface area contributed by atoms with E-state index in [9.17, 15) is 14.2 Å². The maximum atomic E-state index is 12.4. The van der Waals surface area contributed by atoms with Crippen molar-refractivity contribution < 1.29 is 27.9 Å². The highest BCUT2D eigenvalue weighted by Gasteiger charge is 2.32. The van der Waals surface area contributed by atoms with Crippen molar-refractivity contribution in [3.63, 3.8) is 0 Å². The van der Waals surface area contributed by atoms with Crippen molar-refractivity contribution in [1.29, 1.82) is 0 Å². The van der Waals surface area contributed by atoms with Gasteiger partial charge in [-0.05, 0) is 26.0 Å². The number of hydrogen-bond acceptors (Lipinski definition) is 6. The van der Waals surface area contributed by atoms with E-state index in [-0.39, 0.29) is 6.61 Å². The lowest BCUT2D eigenvalue weighted by molar-refractivity contribution is -0.150. The highest BCUT2D eigenvalue weighted by atomic mass is 31.2. The predicted molar refractivity (Wildman–Crippen MR) is 72.8 cm³/mol. The first-order valence-corrected chi connectivity index (χ1v) is 7.86. The third-order valence-electron chi connectivity index (χ3n) is 2.22. The highest BCUT2D eigenvalue weighted by molar-refractivity contribution is 7.55. The van der Waals surface area contributed by atoms with Gasteiger partial charge in [-0.1, -0.05) is 18.2 Å². The molecule has 1 rings (SSSR count). The van der Waals surface area contributed by atoms with Gasteiger partial charge >= 0.3 is 13.6 Å². The van der Waals surface area contributed by atoms with E-state index in [1.807, 2.05) is 0 Å². The van der Waals surface area contributed by atoms with Gasteiger partial charge in [0.15, 0.2) is 6.10 Å². The molecule has 1 unspecified atom stereocenters. The Kier molecular flexibility index (Phi) is 6.42. The summed E-state index contributed by atoms with van der Waals surface area (Å²) < 4.78 is 27.5. The van der Waals surface area contributed by atoms with Crippen molar-refractivity contribution in [2.75, 3.05) is 12.8 Å². The van der Waals surface area contributed by atoms with E-state index in [2.05, 4.69) is 0 Å². The van der Waals surface area contributed by atoms with E-state index in [1.165, 1.54) is 6.92 Å². The second kappa shape index (κ2) is 7.82. The number of rotatable bonds is 8. The lowest BCUT2D eigenvalue weighted by Crippen LogP contribution is -2.24. The predicted octanol–water partition coefficient (Wildman–Crippen LogP) is 2.43. The van der Waals surface area contributed by atoms with Crippen LogP contribution < -0.4 is 4.52 Å². The van der Waals surface area contributed by atoms with Crippen molar-refractivity contribution in [2.24, 2.45) is 0 Å². The van der Waals surface area contributed by atoms with Crippen LogP contribution >= 0.6 is 7.60 Å². The van der Waals surface area contributed by atoms with Gasteiger partial charge in [-0.15, -0.1) is 0 Å². The fraction of sp³-hybridized carbons (Fsp3) is 0.385. The summed E-state index contributed by atoms with van der Waals surface area (Å²) in [6.45, 7) is 3.23. The van der Waals surface area contributed by atoms with Gasteiger partial charge in [0.1, 0.15) is 18.2 Å². The molecule has 0 aliphatic carbocycles. The van der Waals surface area contributed by atoms with Gasteiger partial charge in [-0.3, -0.25) is 4.52 Å². The molecule has 6 nitrogen and oxygen atoms in total. The zero-order chi connectivity index (χ0) is 15.0. The average Bonchev–Trinajstić information content (AvgIpc) is 2.40. The summed E-state index contributed by atoms with van der Waals surface area (Å²) in [6, 6.07) is 8.30. The molecule has 20 heavy (non-hydrogen) atoms. The molecule has 0 bridgehead atoms. The average molecular weight is 300 g/mol. The number of hydrogen-bond donors (Lipinski definition) is 0. The summed E-state index contributed by atoms with van der Waals surface area (Å²) in [5.74, 6) is -0.357. The van der Waals surface area contributed by atoms with Crippen molar-refractivity contribution in [2.45, 2.75) is 20.0 Å². The Morgan fingerprint density at radius 3 is 2.55 bits per heavy atom. The molecule has 1 aromatic carbocycles. The van der Waals surface area contributed by atoms with Gasteiger partial charge < -0.3 is 14.1 Å². The van der Waals surface area contributed by atoms with E-state index >= 15 is 0 Å². The van der Waals surface area contributed by atoms with E-state index in [0.29, 0.717) is 12.0 Å². The first-order valence-electron chi connectivity index (χ1n) is 6.13. The Hall–Kier alpha value is -1.65. The maximum Gasteiger partial charge on any atom is 0.387 e. The van der Waals surface area contributed by atoms with Crippen molar-refractivity contribution in [1.82, 2.24) is 0 Å². The molecule has 0 radical (unpaired) electrons. The summed E-state index contributed by atoms with van der Waals surface area (Å²) in [7, 11) is -3.74. The number of benzene rings is 1. The minimum absolute atomic E-state index is 0.185. The Morgan fingerprint density at radius 2 is 2.00 bits per heavy atom. The minimum Gasteiger partial charge on any atom is -0.464 e. The van der Waals surface area contributed by atoms with Crippen LogP contribution in [0.15, 0.2) is 30.3 Å². The third kappa shape index (κ3) is 5.15. The van der Waals surface area contributed by atoms with E-state index in [0.717, 1.165) is 0 Å². The SMILES string of the molecule is CCOC(=O)[C@H](C)OP(=O)(CC=O)Oc1ccccc1. The molecule has 0 amide bonds. The van der Waals surface area contributed by atoms with Gasteiger partial charge in [0.25, 0.3) is 0 Å². The fourth-order valence-corrected chi connectivity index (χ4v) is 2.78. The fourth-order valence-electron chi connectivity index (χ4n) is 1.38. The third-order valence-corrected chi connectivity index (χ3v) is 3.95. The Labute approximate surface area is 117 Å². The Bertz CT molecular complexity index is 487. The second-order valence-corrected chi connectivity index (χ2v) is 5.84. The summed E-state index contributed by atoms with van der Waals surface area (Å²) >= 11 is 0. The Balaban J connectivity index is 2.78. The molecule has 0 saturated heterocycles. The molecule has 2 atom stereocenters. The summed E-state index contributed by atoms with van der Waals surface area (Å²) in [4.78, 5) is 22.1. The first kappa shape index (κ1) is 16.4. The smallest absolute Gasteiger partial charge is 0.387 e. The maximum absolute atomic E-state index is 12.4. The molecule has 0 fully saturated rings. The number of ether oxygens (including phenoxy) is 1. The molecule has 0 N–H and O–H groups in total. The van der Waals surface area contributed by atoms with Crippen LogP contribution in [0.25, 0.3) is 0 Å². The van der Waals surface area contributed by atoms with Crippen LogP contribution in [0.2, 0.25) is 0 Å². The van der Waals surface area contributed by atoms with Crippen LogP contribution in [0.3, 0.4) is 0 Å². The number of aldehydes is 1. The van der Waals surface area contributed by atoms with Gasteiger partial charge in [0.05, 0.1) is 6.61 Å². The molecular weight excluding hydrogens is 283 g/mol. The van der Waals surface area contributed by atoms with Gasteiger partial charge in [0.2, 0.25) is 0 Å². The van der Waals surface area contributed by atoms with Crippen molar-refractivity contribution >= 4 is 19.9 Å². The Morgan fingerprint density at radius 1 is 1.35 bits per heavy atom. The molecule has 0 saturated carbocycles. The second-order valence-electron chi connectivity index (χ2n) is 3.86. The lowest BCUT2D eigenvalue weighted by Gasteiger charge is -2.20. The van der Waals surface area contributed by atoms with Crippen LogP contribution in [0, 0.1) is 0 Å². The minimum atomic E-state index is -3.74. The molecule has 0 aromatic heterocycles. The van der Waals surface area contributed by atoms with Gasteiger partial charge in [-0.2, -0.15) is 0 Å². The normalized spacial score (nSPS) is 14.9. The number of esters is 1. The summed E-state index contributed by atoms with van der Waals surface area (Å²) in [5.41, 5.74) is 0. The van der Waals surface area contributed by atoms with E-state index in [4.69, 9.17) is 13.8 Å². The topological polar surface area (TPSA) is 78.9 Å². The molecule has 1 aromatic rings. The molecule has 0 heterocycles. The van der Waals surface area contributed by atoms with E-state index in [1.54, 1.807) is 37.3 Å². The quantitative estimate of drug-likeness (QED) is 0.417. The van der Waals surface area contributed by atoms with Crippen molar-refractivity contribution in [3.05, 3.63) is 30.3 Å². The number of carbonyl (C=O) groups is 2. The van der Waals surface area contributed by atoms with Gasteiger partial charge in [-0.25, -0.2) is 9.36 Å². The zero-order valence-corrected chi connectivity index (χ0v) is 12.2. The molecular formula is C13H17O6P. The van der Waals surface area contributed by atoms with Gasteiger partial charge in [0, 0.05) is 0 Å². The monoisotopic (exact) mass is 300 g/mol. The molecule has 110 valence electrons. The molecule has 7 heteroatoms. The molecule has 0 aliphatic rings. The van der Waals surface area contributed by atoms with E-state index < -0.39 is 25.8 Å².